The van der Waals surface area contributed by atoms with Gasteiger partial charge in [-0.25, -0.2) is 4.98 Å². The molecule has 1 aliphatic carbocycles. The van der Waals surface area contributed by atoms with Crippen molar-refractivity contribution in [3.8, 4) is 0 Å². The molecule has 0 aliphatic heterocycles. The number of H-pyrrole nitrogens is 1. The molecule has 0 bridgehead atoms. The average molecular weight is 237 g/mol. The molecule has 1 fully saturated rings. The molecule has 1 saturated carbocycles. The lowest BCUT2D eigenvalue weighted by Crippen LogP contribution is -2.42. The highest BCUT2D eigenvalue weighted by Crippen LogP contribution is 2.23. The van der Waals surface area contributed by atoms with E-state index < -0.39 is 0 Å². The van der Waals surface area contributed by atoms with Gasteiger partial charge < -0.3 is 11.1 Å². The molecule has 96 valence electrons. The van der Waals surface area contributed by atoms with Crippen molar-refractivity contribution < 1.29 is 0 Å². The third-order valence-corrected chi connectivity index (χ3v) is 3.67. The molecular formula is C12H23N5. The van der Waals surface area contributed by atoms with Crippen molar-refractivity contribution in [3.63, 3.8) is 0 Å². The lowest BCUT2D eigenvalue weighted by atomic mass is 9.84. The Labute approximate surface area is 103 Å². The second-order valence-corrected chi connectivity index (χ2v) is 4.88. The summed E-state index contributed by atoms with van der Waals surface area (Å²) in [7, 11) is 0. The van der Waals surface area contributed by atoms with Gasteiger partial charge in [0.1, 0.15) is 12.2 Å². The molecule has 1 heterocycles. The number of nitrogens with zero attached hydrogens (tertiary/aromatic N) is 2. The van der Waals surface area contributed by atoms with Gasteiger partial charge in [0.15, 0.2) is 0 Å². The summed E-state index contributed by atoms with van der Waals surface area (Å²) in [5.74, 6) is 1.65. The molecule has 2 atom stereocenters. The maximum atomic E-state index is 5.81. The van der Waals surface area contributed by atoms with Crippen LogP contribution in [0.5, 0.6) is 0 Å². The van der Waals surface area contributed by atoms with Crippen molar-refractivity contribution in [1.29, 1.82) is 0 Å². The van der Waals surface area contributed by atoms with Gasteiger partial charge in [-0.05, 0) is 38.3 Å². The molecule has 0 radical (unpaired) electrons. The molecular weight excluding hydrogens is 214 g/mol. The van der Waals surface area contributed by atoms with E-state index in [1.165, 1.54) is 25.7 Å². The van der Waals surface area contributed by atoms with E-state index in [4.69, 9.17) is 5.73 Å². The Bertz CT molecular complexity index is 298. The molecule has 0 amide bonds. The van der Waals surface area contributed by atoms with Crippen LogP contribution in [0.3, 0.4) is 0 Å². The van der Waals surface area contributed by atoms with Gasteiger partial charge >= 0.3 is 0 Å². The van der Waals surface area contributed by atoms with Gasteiger partial charge in [-0.1, -0.05) is 12.8 Å². The molecule has 2 unspecified atom stereocenters. The summed E-state index contributed by atoms with van der Waals surface area (Å²) in [6.45, 7) is 1.86. The molecule has 4 N–H and O–H groups in total. The zero-order chi connectivity index (χ0) is 11.9. The normalized spacial score (nSPS) is 25.0. The van der Waals surface area contributed by atoms with E-state index >= 15 is 0 Å². The highest BCUT2D eigenvalue weighted by atomic mass is 15.2. The molecule has 0 aromatic carbocycles. The average Bonchev–Trinajstić information content (AvgIpc) is 2.88. The predicted molar refractivity (Wildman–Crippen MR) is 67.5 cm³/mol. The monoisotopic (exact) mass is 237 g/mol. The standard InChI is InChI=1S/C12H23N5/c13-8-10-4-1-2-5-11(10)14-7-3-6-12-15-9-16-17-12/h9-11,14H,1-8,13H2,(H,15,16,17). The smallest absolute Gasteiger partial charge is 0.137 e. The highest BCUT2D eigenvalue weighted by Gasteiger charge is 2.22. The van der Waals surface area contributed by atoms with Crippen molar-refractivity contribution in [2.75, 3.05) is 13.1 Å². The number of aryl methyl sites for hydroxylation is 1. The van der Waals surface area contributed by atoms with Gasteiger partial charge in [0, 0.05) is 12.5 Å². The number of aromatic amines is 1. The van der Waals surface area contributed by atoms with Gasteiger partial charge in [-0.2, -0.15) is 5.10 Å². The Kier molecular flexibility index (Phi) is 4.94. The van der Waals surface area contributed by atoms with Crippen LogP contribution in [0.4, 0.5) is 0 Å². The minimum atomic E-state index is 0.628. The first kappa shape index (κ1) is 12.5. The lowest BCUT2D eigenvalue weighted by molar-refractivity contribution is 0.268. The Balaban J connectivity index is 1.63. The fourth-order valence-corrected chi connectivity index (χ4v) is 2.65. The quantitative estimate of drug-likeness (QED) is 0.641. The zero-order valence-corrected chi connectivity index (χ0v) is 10.4. The maximum absolute atomic E-state index is 5.81. The van der Waals surface area contributed by atoms with Gasteiger partial charge in [0.25, 0.3) is 0 Å². The third kappa shape index (κ3) is 3.78. The summed E-state index contributed by atoms with van der Waals surface area (Å²) in [6.07, 6.45) is 8.89. The number of hydrogen-bond acceptors (Lipinski definition) is 4. The van der Waals surface area contributed by atoms with Gasteiger partial charge in [0.05, 0.1) is 0 Å². The maximum Gasteiger partial charge on any atom is 0.137 e. The van der Waals surface area contributed by atoms with Crippen LogP contribution in [0.1, 0.15) is 37.9 Å². The number of nitrogens with two attached hydrogens (primary N) is 1. The van der Waals surface area contributed by atoms with E-state index in [1.807, 2.05) is 0 Å². The van der Waals surface area contributed by atoms with Crippen LogP contribution >= 0.6 is 0 Å². The first-order valence-corrected chi connectivity index (χ1v) is 6.68. The Morgan fingerprint density at radius 3 is 3.06 bits per heavy atom. The summed E-state index contributed by atoms with van der Waals surface area (Å²) < 4.78 is 0. The number of nitrogens with one attached hydrogen (secondary N) is 2. The second kappa shape index (κ2) is 6.71. The fraction of sp³-hybridized carbons (Fsp3) is 0.833. The second-order valence-electron chi connectivity index (χ2n) is 4.88. The van der Waals surface area contributed by atoms with Crippen molar-refractivity contribution in [1.82, 2.24) is 20.5 Å². The van der Waals surface area contributed by atoms with E-state index in [1.54, 1.807) is 6.33 Å². The minimum Gasteiger partial charge on any atom is -0.330 e. The van der Waals surface area contributed by atoms with Crippen molar-refractivity contribution in [2.45, 2.75) is 44.6 Å². The lowest BCUT2D eigenvalue weighted by Gasteiger charge is -2.31. The van der Waals surface area contributed by atoms with Gasteiger partial charge in [-0.3, -0.25) is 5.10 Å². The summed E-state index contributed by atoms with van der Waals surface area (Å²) in [4.78, 5) is 4.12. The highest BCUT2D eigenvalue weighted by molar-refractivity contribution is 4.83. The number of aromatic nitrogens is 3. The van der Waals surface area contributed by atoms with E-state index in [0.717, 1.165) is 31.8 Å². The predicted octanol–water partition coefficient (Wildman–Crippen LogP) is 0.844. The van der Waals surface area contributed by atoms with Crippen molar-refractivity contribution in [2.24, 2.45) is 11.7 Å². The molecule has 1 aromatic heterocycles. The van der Waals surface area contributed by atoms with E-state index in [-0.39, 0.29) is 0 Å². The molecule has 0 saturated heterocycles. The van der Waals surface area contributed by atoms with Crippen molar-refractivity contribution in [3.05, 3.63) is 12.2 Å². The zero-order valence-electron chi connectivity index (χ0n) is 10.4. The Morgan fingerprint density at radius 1 is 1.41 bits per heavy atom. The minimum absolute atomic E-state index is 0.628. The molecule has 5 heteroatoms. The van der Waals surface area contributed by atoms with Gasteiger partial charge in [-0.15, -0.1) is 0 Å². The Morgan fingerprint density at radius 2 is 2.29 bits per heavy atom. The molecule has 17 heavy (non-hydrogen) atoms. The van der Waals surface area contributed by atoms with E-state index in [0.29, 0.717) is 12.0 Å². The first-order chi connectivity index (χ1) is 8.40. The van der Waals surface area contributed by atoms with Crippen LogP contribution in [0.15, 0.2) is 6.33 Å². The number of hydrogen-bond donors (Lipinski definition) is 3. The largest absolute Gasteiger partial charge is 0.330 e. The molecule has 2 rings (SSSR count). The summed E-state index contributed by atoms with van der Waals surface area (Å²) in [5.41, 5.74) is 5.81. The van der Waals surface area contributed by atoms with Crippen LogP contribution in [0.25, 0.3) is 0 Å². The third-order valence-electron chi connectivity index (χ3n) is 3.67. The van der Waals surface area contributed by atoms with Crippen LogP contribution in [-0.2, 0) is 6.42 Å². The van der Waals surface area contributed by atoms with Crippen LogP contribution in [0.2, 0.25) is 0 Å². The molecule has 0 spiro atoms. The molecule has 5 nitrogen and oxygen atoms in total. The van der Waals surface area contributed by atoms with E-state index in [2.05, 4.69) is 20.5 Å². The Hall–Kier alpha value is -0.940. The van der Waals surface area contributed by atoms with Gasteiger partial charge in [0.2, 0.25) is 0 Å². The van der Waals surface area contributed by atoms with Crippen LogP contribution < -0.4 is 11.1 Å². The SMILES string of the molecule is NCC1CCCCC1NCCCc1ncn[nH]1. The number of rotatable bonds is 6. The van der Waals surface area contributed by atoms with Crippen molar-refractivity contribution >= 4 is 0 Å². The van der Waals surface area contributed by atoms with Crippen LogP contribution in [-0.4, -0.2) is 34.3 Å². The molecule has 1 aromatic rings. The summed E-state index contributed by atoms with van der Waals surface area (Å²) in [6, 6.07) is 0.628. The van der Waals surface area contributed by atoms with Crippen LogP contribution in [0, 0.1) is 5.92 Å². The van der Waals surface area contributed by atoms with E-state index in [9.17, 15) is 0 Å². The topological polar surface area (TPSA) is 79.6 Å². The fourth-order valence-electron chi connectivity index (χ4n) is 2.65. The first-order valence-electron chi connectivity index (χ1n) is 6.68. The summed E-state index contributed by atoms with van der Waals surface area (Å²) >= 11 is 0. The molecule has 1 aliphatic rings. The summed E-state index contributed by atoms with van der Waals surface area (Å²) in [5, 5.41) is 10.4.